The van der Waals surface area contributed by atoms with Crippen LogP contribution in [-0.4, -0.2) is 6.61 Å². The lowest BCUT2D eigenvalue weighted by Gasteiger charge is -2.11. The Balaban J connectivity index is 1.94. The molecule has 0 saturated carbocycles. The maximum atomic E-state index is 6.49. The summed E-state index contributed by atoms with van der Waals surface area (Å²) in [7, 11) is 0. The molecule has 86 valence electrons. The van der Waals surface area contributed by atoms with Gasteiger partial charge in [0.05, 0.1) is 12.0 Å². The standard InChI is InChI=1S/C15H13ClO/c16-15(11-4-2-1-3-5-11)13-6-7-14-12(10-13)8-9-17-14/h1-7,10,15H,8-9H2. The Morgan fingerprint density at radius 3 is 2.65 bits per heavy atom. The fraction of sp³-hybridized carbons (Fsp3) is 0.200. The summed E-state index contributed by atoms with van der Waals surface area (Å²) in [6.07, 6.45) is 0.988. The first-order chi connectivity index (χ1) is 8.34. The van der Waals surface area contributed by atoms with Crippen LogP contribution in [0.5, 0.6) is 5.75 Å². The Bertz CT molecular complexity index is 522. The fourth-order valence-corrected chi connectivity index (χ4v) is 2.46. The zero-order valence-electron chi connectivity index (χ0n) is 9.40. The number of ether oxygens (including phenoxy) is 1. The van der Waals surface area contributed by atoms with Gasteiger partial charge in [0, 0.05) is 6.42 Å². The third-order valence-corrected chi connectivity index (χ3v) is 3.60. The predicted molar refractivity (Wildman–Crippen MR) is 69.8 cm³/mol. The van der Waals surface area contributed by atoms with Crippen molar-refractivity contribution in [3.8, 4) is 5.75 Å². The van der Waals surface area contributed by atoms with Gasteiger partial charge in [0.1, 0.15) is 5.75 Å². The summed E-state index contributed by atoms with van der Waals surface area (Å²) < 4.78 is 5.50. The van der Waals surface area contributed by atoms with Gasteiger partial charge in [0.25, 0.3) is 0 Å². The molecule has 1 nitrogen and oxygen atoms in total. The average Bonchev–Trinajstić information content (AvgIpc) is 2.86. The van der Waals surface area contributed by atoms with Crippen LogP contribution in [0.25, 0.3) is 0 Å². The van der Waals surface area contributed by atoms with Gasteiger partial charge in [-0.1, -0.05) is 42.5 Å². The lowest BCUT2D eigenvalue weighted by atomic mass is 10.0. The molecule has 3 rings (SSSR count). The third-order valence-electron chi connectivity index (χ3n) is 3.10. The van der Waals surface area contributed by atoms with Gasteiger partial charge in [-0.15, -0.1) is 11.6 Å². The molecule has 1 atom stereocenters. The molecule has 0 aromatic heterocycles. The largest absolute Gasteiger partial charge is 0.493 e. The summed E-state index contributed by atoms with van der Waals surface area (Å²) in [6.45, 7) is 0.789. The maximum Gasteiger partial charge on any atom is 0.122 e. The van der Waals surface area contributed by atoms with Crippen molar-refractivity contribution in [2.24, 2.45) is 0 Å². The van der Waals surface area contributed by atoms with E-state index >= 15 is 0 Å². The second-order valence-electron chi connectivity index (χ2n) is 4.24. The maximum absolute atomic E-state index is 6.49. The van der Waals surface area contributed by atoms with E-state index < -0.39 is 0 Å². The van der Waals surface area contributed by atoms with Crippen molar-refractivity contribution in [2.75, 3.05) is 6.61 Å². The molecule has 2 aromatic rings. The van der Waals surface area contributed by atoms with E-state index in [4.69, 9.17) is 16.3 Å². The predicted octanol–water partition coefficient (Wildman–Crippen LogP) is 3.95. The van der Waals surface area contributed by atoms with Crippen LogP contribution in [0.1, 0.15) is 22.1 Å². The molecule has 0 N–H and O–H groups in total. The number of hydrogen-bond acceptors (Lipinski definition) is 1. The highest BCUT2D eigenvalue weighted by Gasteiger charge is 2.16. The molecule has 0 bridgehead atoms. The summed E-state index contributed by atoms with van der Waals surface area (Å²) in [6, 6.07) is 16.4. The van der Waals surface area contributed by atoms with E-state index in [1.807, 2.05) is 24.3 Å². The van der Waals surface area contributed by atoms with E-state index in [9.17, 15) is 0 Å². The highest BCUT2D eigenvalue weighted by Crippen LogP contribution is 2.33. The molecule has 17 heavy (non-hydrogen) atoms. The quantitative estimate of drug-likeness (QED) is 0.727. The van der Waals surface area contributed by atoms with Gasteiger partial charge in [-0.2, -0.15) is 0 Å². The highest BCUT2D eigenvalue weighted by atomic mass is 35.5. The molecule has 1 aliphatic rings. The Morgan fingerprint density at radius 1 is 1.00 bits per heavy atom. The molecule has 2 aromatic carbocycles. The minimum absolute atomic E-state index is 0.0814. The molecule has 1 heterocycles. The van der Waals surface area contributed by atoms with Gasteiger partial charge in [-0.25, -0.2) is 0 Å². The van der Waals surface area contributed by atoms with Crippen molar-refractivity contribution < 1.29 is 4.74 Å². The number of fused-ring (bicyclic) bond motifs is 1. The number of rotatable bonds is 2. The van der Waals surface area contributed by atoms with Crippen LogP contribution in [0.2, 0.25) is 0 Å². The first-order valence-electron chi connectivity index (χ1n) is 5.79. The van der Waals surface area contributed by atoms with Crippen LogP contribution < -0.4 is 4.74 Å². The monoisotopic (exact) mass is 244 g/mol. The molecule has 0 spiro atoms. The van der Waals surface area contributed by atoms with Gasteiger partial charge in [-0.3, -0.25) is 0 Å². The van der Waals surface area contributed by atoms with Crippen LogP contribution in [0.3, 0.4) is 0 Å². The van der Waals surface area contributed by atoms with E-state index in [1.165, 1.54) is 5.56 Å². The molecule has 0 fully saturated rings. The Labute approximate surface area is 106 Å². The van der Waals surface area contributed by atoms with E-state index in [0.717, 1.165) is 29.9 Å². The second kappa shape index (κ2) is 4.42. The van der Waals surface area contributed by atoms with Gasteiger partial charge in [0.2, 0.25) is 0 Å². The number of alkyl halides is 1. The minimum atomic E-state index is -0.0814. The SMILES string of the molecule is ClC(c1ccccc1)c1ccc2c(c1)CCO2. The molecule has 0 saturated heterocycles. The van der Waals surface area contributed by atoms with E-state index in [0.29, 0.717) is 0 Å². The smallest absolute Gasteiger partial charge is 0.122 e. The molecular formula is C15H13ClO. The number of hydrogen-bond donors (Lipinski definition) is 0. The Morgan fingerprint density at radius 2 is 1.82 bits per heavy atom. The molecule has 0 amide bonds. The Hall–Kier alpha value is -1.47. The van der Waals surface area contributed by atoms with Gasteiger partial charge in [-0.05, 0) is 22.8 Å². The summed E-state index contributed by atoms with van der Waals surface area (Å²) in [5.41, 5.74) is 3.54. The highest BCUT2D eigenvalue weighted by molar-refractivity contribution is 6.22. The zero-order chi connectivity index (χ0) is 11.7. The fourth-order valence-electron chi connectivity index (χ4n) is 2.18. The van der Waals surface area contributed by atoms with Crippen LogP contribution >= 0.6 is 11.6 Å². The molecular weight excluding hydrogens is 232 g/mol. The Kier molecular flexibility index (Phi) is 2.77. The van der Waals surface area contributed by atoms with Crippen molar-refractivity contribution in [2.45, 2.75) is 11.8 Å². The molecule has 2 heteroatoms. The lowest BCUT2D eigenvalue weighted by Crippen LogP contribution is -1.93. The lowest BCUT2D eigenvalue weighted by molar-refractivity contribution is 0.357. The van der Waals surface area contributed by atoms with Crippen molar-refractivity contribution in [3.63, 3.8) is 0 Å². The van der Waals surface area contributed by atoms with Crippen molar-refractivity contribution in [1.29, 1.82) is 0 Å². The first kappa shape index (κ1) is 10.7. The summed E-state index contributed by atoms with van der Waals surface area (Å²) in [5, 5.41) is -0.0814. The number of halogens is 1. The summed E-state index contributed by atoms with van der Waals surface area (Å²) in [4.78, 5) is 0. The van der Waals surface area contributed by atoms with E-state index in [-0.39, 0.29) is 5.38 Å². The van der Waals surface area contributed by atoms with Crippen LogP contribution in [-0.2, 0) is 6.42 Å². The van der Waals surface area contributed by atoms with E-state index in [2.05, 4.69) is 24.3 Å². The molecule has 1 unspecified atom stereocenters. The van der Waals surface area contributed by atoms with Crippen molar-refractivity contribution in [3.05, 3.63) is 65.2 Å². The van der Waals surface area contributed by atoms with Gasteiger partial charge >= 0.3 is 0 Å². The van der Waals surface area contributed by atoms with Crippen LogP contribution in [0.4, 0.5) is 0 Å². The van der Waals surface area contributed by atoms with Crippen molar-refractivity contribution in [1.82, 2.24) is 0 Å². The van der Waals surface area contributed by atoms with Crippen molar-refractivity contribution >= 4 is 11.6 Å². The molecule has 0 aliphatic carbocycles. The van der Waals surface area contributed by atoms with Gasteiger partial charge in [0.15, 0.2) is 0 Å². The third kappa shape index (κ3) is 2.03. The number of benzene rings is 2. The van der Waals surface area contributed by atoms with Gasteiger partial charge < -0.3 is 4.74 Å². The van der Waals surface area contributed by atoms with Crippen LogP contribution in [0, 0.1) is 0 Å². The zero-order valence-corrected chi connectivity index (χ0v) is 10.2. The first-order valence-corrected chi connectivity index (χ1v) is 6.23. The van der Waals surface area contributed by atoms with Crippen LogP contribution in [0.15, 0.2) is 48.5 Å². The summed E-state index contributed by atoms with van der Waals surface area (Å²) in [5.74, 6) is 1.01. The van der Waals surface area contributed by atoms with E-state index in [1.54, 1.807) is 0 Å². The molecule has 1 aliphatic heterocycles. The molecule has 0 radical (unpaired) electrons. The second-order valence-corrected chi connectivity index (χ2v) is 4.68. The topological polar surface area (TPSA) is 9.23 Å². The summed E-state index contributed by atoms with van der Waals surface area (Å²) >= 11 is 6.49. The minimum Gasteiger partial charge on any atom is -0.493 e. The normalized spacial score (nSPS) is 15.1. The average molecular weight is 245 g/mol.